The molecule has 2 unspecified atom stereocenters. The molecule has 5 heteroatoms. The summed E-state index contributed by atoms with van der Waals surface area (Å²) < 4.78 is 0. The standard InChI is InChI=1S/C13H24N2O3/c1-10-5-4-6-11(2)15(10)12(16)9-14(3)8-7-13(17)18/h10-11H,4-9H2,1-3H3,(H,17,18). The van der Waals surface area contributed by atoms with E-state index in [9.17, 15) is 9.59 Å². The first-order valence-corrected chi connectivity index (χ1v) is 6.63. The van der Waals surface area contributed by atoms with Gasteiger partial charge >= 0.3 is 5.97 Å². The number of carbonyl (C=O) groups excluding carboxylic acids is 1. The van der Waals surface area contributed by atoms with Gasteiger partial charge in [0.2, 0.25) is 5.91 Å². The Morgan fingerprint density at radius 2 is 1.83 bits per heavy atom. The highest BCUT2D eigenvalue weighted by Gasteiger charge is 2.29. The number of rotatable bonds is 5. The fourth-order valence-electron chi connectivity index (χ4n) is 2.59. The Hall–Kier alpha value is -1.10. The van der Waals surface area contributed by atoms with Gasteiger partial charge in [0.25, 0.3) is 0 Å². The molecule has 0 bridgehead atoms. The highest BCUT2D eigenvalue weighted by atomic mass is 16.4. The Labute approximate surface area is 109 Å². The van der Waals surface area contributed by atoms with E-state index in [1.807, 2.05) is 4.90 Å². The van der Waals surface area contributed by atoms with Crippen LogP contribution in [0, 0.1) is 0 Å². The molecule has 0 spiro atoms. The van der Waals surface area contributed by atoms with Gasteiger partial charge < -0.3 is 10.0 Å². The lowest BCUT2D eigenvalue weighted by Crippen LogP contribution is -2.50. The van der Waals surface area contributed by atoms with Crippen molar-refractivity contribution in [2.75, 3.05) is 20.1 Å². The molecular formula is C13H24N2O3. The molecule has 1 N–H and O–H groups in total. The van der Waals surface area contributed by atoms with Crippen molar-refractivity contribution in [1.82, 2.24) is 9.80 Å². The number of nitrogens with zero attached hydrogens (tertiary/aromatic N) is 2. The van der Waals surface area contributed by atoms with E-state index < -0.39 is 5.97 Å². The summed E-state index contributed by atoms with van der Waals surface area (Å²) in [6, 6.07) is 0.600. The summed E-state index contributed by atoms with van der Waals surface area (Å²) in [4.78, 5) is 26.4. The predicted molar refractivity (Wildman–Crippen MR) is 69.4 cm³/mol. The van der Waals surface area contributed by atoms with Crippen LogP contribution in [0.4, 0.5) is 0 Å². The summed E-state index contributed by atoms with van der Waals surface area (Å²) in [5, 5.41) is 8.61. The Morgan fingerprint density at radius 1 is 1.28 bits per heavy atom. The van der Waals surface area contributed by atoms with Gasteiger partial charge in [-0.15, -0.1) is 0 Å². The lowest BCUT2D eigenvalue weighted by molar-refractivity contribution is -0.140. The van der Waals surface area contributed by atoms with Crippen LogP contribution in [0.3, 0.4) is 0 Å². The van der Waals surface area contributed by atoms with Gasteiger partial charge in [0.1, 0.15) is 0 Å². The van der Waals surface area contributed by atoms with Crippen LogP contribution in [-0.4, -0.2) is 59.0 Å². The van der Waals surface area contributed by atoms with Gasteiger partial charge in [-0.3, -0.25) is 14.5 Å². The van der Waals surface area contributed by atoms with Crippen molar-refractivity contribution < 1.29 is 14.7 Å². The maximum Gasteiger partial charge on any atom is 0.304 e. The van der Waals surface area contributed by atoms with Crippen LogP contribution in [0.25, 0.3) is 0 Å². The zero-order valence-corrected chi connectivity index (χ0v) is 11.6. The Kier molecular flexibility index (Phi) is 5.59. The molecular weight excluding hydrogens is 232 g/mol. The van der Waals surface area contributed by atoms with E-state index in [0.29, 0.717) is 25.2 Å². The molecule has 18 heavy (non-hydrogen) atoms. The maximum absolute atomic E-state index is 12.2. The molecule has 0 aromatic carbocycles. The minimum atomic E-state index is -0.825. The molecule has 2 atom stereocenters. The Bertz CT molecular complexity index is 297. The lowest BCUT2D eigenvalue weighted by Gasteiger charge is -2.39. The van der Waals surface area contributed by atoms with Crippen molar-refractivity contribution in [2.45, 2.75) is 51.6 Å². The second-order valence-electron chi connectivity index (χ2n) is 5.31. The van der Waals surface area contributed by atoms with Crippen molar-refractivity contribution in [3.8, 4) is 0 Å². The van der Waals surface area contributed by atoms with Gasteiger partial charge in [-0.25, -0.2) is 0 Å². The Morgan fingerprint density at radius 3 is 2.33 bits per heavy atom. The molecule has 0 saturated carbocycles. The highest BCUT2D eigenvalue weighted by Crippen LogP contribution is 2.22. The molecule has 0 aromatic heterocycles. The number of hydrogen-bond acceptors (Lipinski definition) is 3. The van der Waals surface area contributed by atoms with Gasteiger partial charge in [-0.1, -0.05) is 0 Å². The second kappa shape index (κ2) is 6.73. The van der Waals surface area contributed by atoms with Crippen LogP contribution >= 0.6 is 0 Å². The van der Waals surface area contributed by atoms with Gasteiger partial charge in [-0.2, -0.15) is 0 Å². The van der Waals surface area contributed by atoms with Crippen molar-refractivity contribution in [2.24, 2.45) is 0 Å². The minimum Gasteiger partial charge on any atom is -0.481 e. The predicted octanol–water partition coefficient (Wildman–Crippen LogP) is 1.18. The number of piperidine rings is 1. The van der Waals surface area contributed by atoms with Gasteiger partial charge in [-0.05, 0) is 40.2 Å². The number of amides is 1. The average molecular weight is 256 g/mol. The van der Waals surface area contributed by atoms with Crippen LogP contribution in [0.5, 0.6) is 0 Å². The third-order valence-electron chi connectivity index (χ3n) is 3.59. The first-order valence-electron chi connectivity index (χ1n) is 6.63. The van der Waals surface area contributed by atoms with Gasteiger partial charge in [0.15, 0.2) is 0 Å². The lowest BCUT2D eigenvalue weighted by atomic mass is 9.97. The van der Waals surface area contributed by atoms with E-state index in [1.165, 1.54) is 6.42 Å². The van der Waals surface area contributed by atoms with E-state index in [1.54, 1.807) is 11.9 Å². The molecule has 0 aromatic rings. The third kappa shape index (κ3) is 4.29. The molecule has 104 valence electrons. The summed E-state index contributed by atoms with van der Waals surface area (Å²) in [7, 11) is 1.79. The number of likely N-dealkylation sites (N-methyl/N-ethyl adjacent to an activating group) is 1. The number of hydrogen-bond donors (Lipinski definition) is 1. The fraction of sp³-hybridized carbons (Fsp3) is 0.846. The molecule has 1 amide bonds. The number of carboxylic acid groups (broad SMARTS) is 1. The van der Waals surface area contributed by atoms with Crippen LogP contribution < -0.4 is 0 Å². The smallest absolute Gasteiger partial charge is 0.304 e. The zero-order valence-electron chi connectivity index (χ0n) is 11.6. The normalized spacial score (nSPS) is 24.3. The Balaban J connectivity index is 2.45. The molecule has 1 saturated heterocycles. The van der Waals surface area contributed by atoms with Crippen molar-refractivity contribution in [3.05, 3.63) is 0 Å². The van der Waals surface area contributed by atoms with E-state index in [0.717, 1.165) is 12.8 Å². The van der Waals surface area contributed by atoms with Gasteiger partial charge in [0.05, 0.1) is 13.0 Å². The van der Waals surface area contributed by atoms with E-state index >= 15 is 0 Å². The zero-order chi connectivity index (χ0) is 13.7. The van der Waals surface area contributed by atoms with E-state index in [4.69, 9.17) is 5.11 Å². The second-order valence-corrected chi connectivity index (χ2v) is 5.31. The summed E-state index contributed by atoms with van der Waals surface area (Å²) >= 11 is 0. The highest BCUT2D eigenvalue weighted by molar-refractivity contribution is 5.79. The first kappa shape index (κ1) is 15.0. The summed E-state index contributed by atoms with van der Waals surface area (Å²) in [6.07, 6.45) is 3.39. The fourth-order valence-corrected chi connectivity index (χ4v) is 2.59. The summed E-state index contributed by atoms with van der Waals surface area (Å²) in [5.74, 6) is -0.711. The molecule has 1 heterocycles. The summed E-state index contributed by atoms with van der Waals surface area (Å²) in [6.45, 7) is 4.90. The molecule has 0 aliphatic carbocycles. The topological polar surface area (TPSA) is 60.9 Å². The van der Waals surface area contributed by atoms with Crippen LogP contribution in [0.2, 0.25) is 0 Å². The van der Waals surface area contributed by atoms with Crippen LogP contribution in [0.15, 0.2) is 0 Å². The molecule has 1 fully saturated rings. The third-order valence-corrected chi connectivity index (χ3v) is 3.59. The number of likely N-dealkylation sites (tertiary alicyclic amines) is 1. The largest absolute Gasteiger partial charge is 0.481 e. The molecule has 0 radical (unpaired) electrons. The number of aliphatic carboxylic acids is 1. The minimum absolute atomic E-state index is 0.0783. The molecule has 5 nitrogen and oxygen atoms in total. The monoisotopic (exact) mass is 256 g/mol. The number of carboxylic acids is 1. The van der Waals surface area contributed by atoms with E-state index in [-0.39, 0.29) is 12.3 Å². The van der Waals surface area contributed by atoms with Crippen molar-refractivity contribution in [1.29, 1.82) is 0 Å². The summed E-state index contributed by atoms with van der Waals surface area (Å²) in [5.41, 5.74) is 0. The van der Waals surface area contributed by atoms with Crippen LogP contribution in [-0.2, 0) is 9.59 Å². The average Bonchev–Trinajstić information content (AvgIpc) is 2.26. The maximum atomic E-state index is 12.2. The van der Waals surface area contributed by atoms with Crippen molar-refractivity contribution in [3.63, 3.8) is 0 Å². The number of carbonyl (C=O) groups is 2. The molecule has 1 aliphatic rings. The van der Waals surface area contributed by atoms with Crippen molar-refractivity contribution >= 4 is 11.9 Å². The quantitative estimate of drug-likeness (QED) is 0.802. The first-order chi connectivity index (χ1) is 8.41. The van der Waals surface area contributed by atoms with Crippen LogP contribution in [0.1, 0.15) is 39.5 Å². The SMILES string of the molecule is CC1CCCC(C)N1C(=O)CN(C)CCC(=O)O. The molecule has 1 aliphatic heterocycles. The van der Waals surface area contributed by atoms with E-state index in [2.05, 4.69) is 13.8 Å². The molecule has 1 rings (SSSR count). The van der Waals surface area contributed by atoms with Gasteiger partial charge in [0, 0.05) is 18.6 Å².